The molecular formula is C15H15BrFN3O. The summed E-state index contributed by atoms with van der Waals surface area (Å²) in [7, 11) is 0. The molecule has 0 unspecified atom stereocenters. The molecule has 1 aromatic heterocycles. The first-order valence-electron chi connectivity index (χ1n) is 6.81. The Morgan fingerprint density at radius 3 is 2.81 bits per heavy atom. The van der Waals surface area contributed by atoms with Crippen LogP contribution < -0.4 is 5.32 Å². The van der Waals surface area contributed by atoms with Gasteiger partial charge in [0.2, 0.25) is 0 Å². The van der Waals surface area contributed by atoms with Crippen LogP contribution in [-0.2, 0) is 0 Å². The van der Waals surface area contributed by atoms with E-state index in [0.29, 0.717) is 16.1 Å². The van der Waals surface area contributed by atoms with E-state index in [1.165, 1.54) is 6.07 Å². The SMILES string of the molecule is Cc1cc(C(=O)NC2CC(c3ccc(F)c(Br)c3)C2)n[nH]1. The number of aromatic amines is 1. The number of halogens is 2. The molecule has 2 N–H and O–H groups in total. The molecule has 2 aromatic rings. The fourth-order valence-corrected chi connectivity index (χ4v) is 2.96. The van der Waals surface area contributed by atoms with Gasteiger partial charge in [-0.1, -0.05) is 6.07 Å². The number of carbonyl (C=O) groups excluding carboxylic acids is 1. The van der Waals surface area contributed by atoms with Gasteiger partial charge in [0.25, 0.3) is 5.91 Å². The van der Waals surface area contributed by atoms with Crippen molar-refractivity contribution in [1.29, 1.82) is 0 Å². The molecule has 6 heteroatoms. The molecule has 0 aliphatic heterocycles. The van der Waals surface area contributed by atoms with E-state index in [2.05, 4.69) is 31.4 Å². The molecule has 0 saturated heterocycles. The van der Waals surface area contributed by atoms with Crippen molar-refractivity contribution in [2.75, 3.05) is 0 Å². The summed E-state index contributed by atoms with van der Waals surface area (Å²) in [6.45, 7) is 1.86. The largest absolute Gasteiger partial charge is 0.348 e. The summed E-state index contributed by atoms with van der Waals surface area (Å²) in [5.41, 5.74) is 2.38. The number of nitrogens with zero attached hydrogens (tertiary/aromatic N) is 1. The summed E-state index contributed by atoms with van der Waals surface area (Å²) in [5.74, 6) is -0.0342. The molecule has 3 rings (SSSR count). The van der Waals surface area contributed by atoms with Crippen molar-refractivity contribution in [3.8, 4) is 0 Å². The third-order valence-electron chi connectivity index (χ3n) is 3.83. The average Bonchev–Trinajstić information content (AvgIpc) is 2.83. The Balaban J connectivity index is 1.56. The number of H-pyrrole nitrogens is 1. The van der Waals surface area contributed by atoms with Gasteiger partial charge in [-0.3, -0.25) is 9.89 Å². The number of carbonyl (C=O) groups is 1. The number of nitrogens with one attached hydrogen (secondary N) is 2. The van der Waals surface area contributed by atoms with Crippen molar-refractivity contribution < 1.29 is 9.18 Å². The second-order valence-electron chi connectivity index (χ2n) is 5.45. The molecule has 0 radical (unpaired) electrons. The van der Waals surface area contributed by atoms with Crippen molar-refractivity contribution in [2.24, 2.45) is 0 Å². The topological polar surface area (TPSA) is 57.8 Å². The predicted octanol–water partition coefficient (Wildman–Crippen LogP) is 3.30. The zero-order valence-electron chi connectivity index (χ0n) is 11.5. The molecule has 1 aromatic carbocycles. The maximum absolute atomic E-state index is 13.2. The van der Waals surface area contributed by atoms with Gasteiger partial charge >= 0.3 is 0 Å². The molecule has 1 amide bonds. The van der Waals surface area contributed by atoms with Gasteiger partial charge in [-0.2, -0.15) is 5.10 Å². The van der Waals surface area contributed by atoms with Gasteiger partial charge in [-0.25, -0.2) is 4.39 Å². The first-order chi connectivity index (χ1) is 10.0. The Labute approximate surface area is 130 Å². The van der Waals surface area contributed by atoms with E-state index in [0.717, 1.165) is 24.1 Å². The smallest absolute Gasteiger partial charge is 0.271 e. The maximum atomic E-state index is 13.2. The second kappa shape index (κ2) is 5.60. The van der Waals surface area contributed by atoms with Gasteiger partial charge in [0.05, 0.1) is 4.47 Å². The minimum atomic E-state index is -0.253. The Morgan fingerprint density at radius 1 is 1.43 bits per heavy atom. The number of benzene rings is 1. The minimum Gasteiger partial charge on any atom is -0.348 e. The van der Waals surface area contributed by atoms with Gasteiger partial charge in [0.1, 0.15) is 11.5 Å². The van der Waals surface area contributed by atoms with Gasteiger partial charge in [-0.05, 0) is 65.4 Å². The highest BCUT2D eigenvalue weighted by atomic mass is 79.9. The van der Waals surface area contributed by atoms with Crippen LogP contribution in [-0.4, -0.2) is 22.1 Å². The van der Waals surface area contributed by atoms with Crippen molar-refractivity contribution >= 4 is 21.8 Å². The second-order valence-corrected chi connectivity index (χ2v) is 6.30. The van der Waals surface area contributed by atoms with Gasteiger partial charge in [0, 0.05) is 11.7 Å². The highest BCUT2D eigenvalue weighted by Gasteiger charge is 2.32. The molecular weight excluding hydrogens is 337 g/mol. The summed E-state index contributed by atoms with van der Waals surface area (Å²) in [5, 5.41) is 9.66. The van der Waals surface area contributed by atoms with Crippen molar-refractivity contribution in [3.63, 3.8) is 0 Å². The summed E-state index contributed by atoms with van der Waals surface area (Å²) < 4.78 is 13.7. The van der Waals surface area contributed by atoms with E-state index in [-0.39, 0.29) is 17.8 Å². The first-order valence-corrected chi connectivity index (χ1v) is 7.60. The van der Waals surface area contributed by atoms with Crippen LogP contribution in [0.1, 0.15) is 40.5 Å². The van der Waals surface area contributed by atoms with E-state index in [9.17, 15) is 9.18 Å². The number of hydrogen-bond donors (Lipinski definition) is 2. The molecule has 110 valence electrons. The van der Waals surface area contributed by atoms with Crippen LogP contribution in [0.15, 0.2) is 28.7 Å². The zero-order chi connectivity index (χ0) is 15.0. The molecule has 21 heavy (non-hydrogen) atoms. The monoisotopic (exact) mass is 351 g/mol. The number of amides is 1. The first kappa shape index (κ1) is 14.3. The molecule has 1 aliphatic rings. The third kappa shape index (κ3) is 3.00. The van der Waals surface area contributed by atoms with E-state index >= 15 is 0 Å². The average molecular weight is 352 g/mol. The lowest BCUT2D eigenvalue weighted by molar-refractivity contribution is 0.0904. The van der Waals surface area contributed by atoms with Crippen LogP contribution in [0.4, 0.5) is 4.39 Å². The number of rotatable bonds is 3. The zero-order valence-corrected chi connectivity index (χ0v) is 13.1. The summed E-state index contributed by atoms with van der Waals surface area (Å²) in [6.07, 6.45) is 1.74. The Morgan fingerprint density at radius 2 is 2.19 bits per heavy atom. The van der Waals surface area contributed by atoms with E-state index < -0.39 is 0 Å². The quantitative estimate of drug-likeness (QED) is 0.891. The number of aryl methyl sites for hydroxylation is 1. The van der Waals surface area contributed by atoms with Crippen LogP contribution in [0.3, 0.4) is 0 Å². The Kier molecular flexibility index (Phi) is 3.80. The summed E-state index contributed by atoms with van der Waals surface area (Å²) in [4.78, 5) is 12.0. The van der Waals surface area contributed by atoms with Crippen LogP contribution in [0, 0.1) is 12.7 Å². The highest BCUT2D eigenvalue weighted by Crippen LogP contribution is 2.38. The molecule has 1 heterocycles. The molecule has 0 atom stereocenters. The number of hydrogen-bond acceptors (Lipinski definition) is 2. The lowest BCUT2D eigenvalue weighted by atomic mass is 9.76. The summed E-state index contributed by atoms with van der Waals surface area (Å²) in [6, 6.07) is 6.97. The molecule has 1 aliphatic carbocycles. The van der Waals surface area contributed by atoms with E-state index in [1.807, 2.05) is 13.0 Å². The fourth-order valence-electron chi connectivity index (χ4n) is 2.57. The van der Waals surface area contributed by atoms with Crippen LogP contribution in [0.5, 0.6) is 0 Å². The van der Waals surface area contributed by atoms with Crippen molar-refractivity contribution in [3.05, 3.63) is 51.5 Å². The number of aromatic nitrogens is 2. The fraction of sp³-hybridized carbons (Fsp3) is 0.333. The molecule has 1 saturated carbocycles. The molecule has 4 nitrogen and oxygen atoms in total. The lowest BCUT2D eigenvalue weighted by Gasteiger charge is -2.36. The van der Waals surface area contributed by atoms with Crippen LogP contribution in [0.25, 0.3) is 0 Å². The van der Waals surface area contributed by atoms with Gasteiger partial charge in [-0.15, -0.1) is 0 Å². The van der Waals surface area contributed by atoms with Gasteiger partial charge < -0.3 is 5.32 Å². The summed E-state index contributed by atoms with van der Waals surface area (Å²) >= 11 is 3.20. The van der Waals surface area contributed by atoms with E-state index in [4.69, 9.17) is 0 Å². The standard InChI is InChI=1S/C15H15BrFN3O/c1-8-4-14(20-19-8)15(21)18-11-5-10(6-11)9-2-3-13(17)12(16)7-9/h2-4,7,10-11H,5-6H2,1H3,(H,18,21)(H,19,20). The highest BCUT2D eigenvalue weighted by molar-refractivity contribution is 9.10. The minimum absolute atomic E-state index is 0.150. The Hall–Kier alpha value is -1.69. The Bertz CT molecular complexity index is 679. The van der Waals surface area contributed by atoms with Crippen molar-refractivity contribution in [2.45, 2.75) is 31.7 Å². The normalized spacial score (nSPS) is 20.9. The molecule has 0 spiro atoms. The van der Waals surface area contributed by atoms with E-state index in [1.54, 1.807) is 12.1 Å². The maximum Gasteiger partial charge on any atom is 0.271 e. The molecule has 1 fully saturated rings. The van der Waals surface area contributed by atoms with Crippen molar-refractivity contribution in [1.82, 2.24) is 15.5 Å². The van der Waals surface area contributed by atoms with Crippen LogP contribution >= 0.6 is 15.9 Å². The third-order valence-corrected chi connectivity index (χ3v) is 4.43. The van der Waals surface area contributed by atoms with Crippen LogP contribution in [0.2, 0.25) is 0 Å². The lowest BCUT2D eigenvalue weighted by Crippen LogP contribution is -2.43. The molecule has 0 bridgehead atoms. The van der Waals surface area contributed by atoms with Gasteiger partial charge in [0.15, 0.2) is 0 Å². The predicted molar refractivity (Wildman–Crippen MR) is 80.7 cm³/mol.